The first-order chi connectivity index (χ1) is 6.79. The van der Waals surface area contributed by atoms with E-state index in [1.54, 1.807) is 13.3 Å². The van der Waals surface area contributed by atoms with Gasteiger partial charge in [-0.05, 0) is 6.42 Å². The van der Waals surface area contributed by atoms with Crippen molar-refractivity contribution in [3.05, 3.63) is 11.9 Å². The Balaban J connectivity index is 2.61. The summed E-state index contributed by atoms with van der Waals surface area (Å²) in [4.78, 5) is 0. The molecule has 0 amide bonds. The van der Waals surface area contributed by atoms with Crippen molar-refractivity contribution in [1.82, 2.24) is 15.0 Å². The van der Waals surface area contributed by atoms with E-state index in [4.69, 9.17) is 10.5 Å². The fourth-order valence-electron chi connectivity index (χ4n) is 1.30. The Hall–Kier alpha value is -0.940. The molecule has 1 rings (SSSR count). The molecular weight excluding hydrogens is 180 g/mol. The van der Waals surface area contributed by atoms with E-state index in [2.05, 4.69) is 17.2 Å². The first-order valence-electron chi connectivity index (χ1n) is 4.92. The number of unbranched alkanes of at least 4 members (excludes halogenated alkanes) is 1. The van der Waals surface area contributed by atoms with Crippen molar-refractivity contribution in [3.63, 3.8) is 0 Å². The second-order valence-electron chi connectivity index (χ2n) is 3.30. The van der Waals surface area contributed by atoms with Crippen LogP contribution >= 0.6 is 0 Å². The highest BCUT2D eigenvalue weighted by Gasteiger charge is 2.11. The van der Waals surface area contributed by atoms with Gasteiger partial charge in [0.25, 0.3) is 0 Å². The van der Waals surface area contributed by atoms with E-state index in [1.165, 1.54) is 0 Å². The van der Waals surface area contributed by atoms with E-state index >= 15 is 0 Å². The number of hydrogen-bond acceptors (Lipinski definition) is 4. The first kappa shape index (κ1) is 11.1. The highest BCUT2D eigenvalue weighted by Crippen LogP contribution is 2.09. The molecular formula is C9H18N4O. The number of ether oxygens (including phenoxy) is 1. The van der Waals surface area contributed by atoms with Gasteiger partial charge in [0.1, 0.15) is 0 Å². The molecule has 1 unspecified atom stereocenters. The number of rotatable bonds is 6. The molecule has 0 saturated carbocycles. The average Bonchev–Trinajstić information content (AvgIpc) is 2.63. The van der Waals surface area contributed by atoms with E-state index in [-0.39, 0.29) is 6.04 Å². The molecule has 14 heavy (non-hydrogen) atoms. The second kappa shape index (κ2) is 5.72. The quantitative estimate of drug-likeness (QED) is 0.731. The molecule has 5 nitrogen and oxygen atoms in total. The molecule has 0 bridgehead atoms. The van der Waals surface area contributed by atoms with Crippen LogP contribution in [-0.2, 0) is 11.3 Å². The van der Waals surface area contributed by atoms with Crippen LogP contribution in [0, 0.1) is 0 Å². The maximum absolute atomic E-state index is 5.90. The maximum Gasteiger partial charge on any atom is 0.0777 e. The molecule has 0 saturated heterocycles. The molecule has 0 spiro atoms. The predicted molar refractivity (Wildman–Crippen MR) is 53.7 cm³/mol. The topological polar surface area (TPSA) is 66.0 Å². The lowest BCUT2D eigenvalue weighted by atomic mass is 10.2. The zero-order valence-corrected chi connectivity index (χ0v) is 8.81. The van der Waals surface area contributed by atoms with Crippen LogP contribution in [0.5, 0.6) is 0 Å². The second-order valence-corrected chi connectivity index (χ2v) is 3.30. The average molecular weight is 198 g/mol. The Morgan fingerprint density at radius 2 is 2.43 bits per heavy atom. The molecule has 80 valence electrons. The summed E-state index contributed by atoms with van der Waals surface area (Å²) in [6, 6.07) is -0.133. The Labute approximate surface area is 84.2 Å². The third-order valence-corrected chi connectivity index (χ3v) is 2.10. The number of aromatic nitrogens is 3. The third-order valence-electron chi connectivity index (χ3n) is 2.10. The molecule has 1 heterocycles. The van der Waals surface area contributed by atoms with Crippen molar-refractivity contribution < 1.29 is 4.74 Å². The van der Waals surface area contributed by atoms with Gasteiger partial charge >= 0.3 is 0 Å². The van der Waals surface area contributed by atoms with E-state index in [1.807, 2.05) is 4.68 Å². The van der Waals surface area contributed by atoms with Gasteiger partial charge in [-0.3, -0.25) is 0 Å². The number of nitrogens with two attached hydrogens (primary N) is 1. The van der Waals surface area contributed by atoms with Crippen molar-refractivity contribution in [2.45, 2.75) is 32.4 Å². The lowest BCUT2D eigenvalue weighted by Crippen LogP contribution is -2.20. The summed E-state index contributed by atoms with van der Waals surface area (Å²) in [5.41, 5.74) is 6.84. The van der Waals surface area contributed by atoms with Crippen LogP contribution in [0.2, 0.25) is 0 Å². The van der Waals surface area contributed by atoms with Gasteiger partial charge in [-0.2, -0.15) is 0 Å². The lowest BCUT2D eigenvalue weighted by molar-refractivity contribution is 0.177. The van der Waals surface area contributed by atoms with Gasteiger partial charge in [0.05, 0.1) is 24.5 Å². The smallest absolute Gasteiger partial charge is 0.0777 e. The minimum Gasteiger partial charge on any atom is -0.383 e. The van der Waals surface area contributed by atoms with Gasteiger partial charge < -0.3 is 10.5 Å². The molecule has 5 heteroatoms. The Bertz CT molecular complexity index is 261. The van der Waals surface area contributed by atoms with E-state index in [9.17, 15) is 0 Å². The van der Waals surface area contributed by atoms with E-state index in [0.29, 0.717) is 6.61 Å². The van der Waals surface area contributed by atoms with Gasteiger partial charge in [0.15, 0.2) is 0 Å². The van der Waals surface area contributed by atoms with Gasteiger partial charge in [-0.1, -0.05) is 18.6 Å². The summed E-state index contributed by atoms with van der Waals surface area (Å²) in [5, 5.41) is 7.84. The third kappa shape index (κ3) is 2.78. The monoisotopic (exact) mass is 198 g/mol. The van der Waals surface area contributed by atoms with Crippen LogP contribution in [-0.4, -0.2) is 28.7 Å². The minimum absolute atomic E-state index is 0.133. The number of methoxy groups -OCH3 is 1. The standard InChI is InChI=1S/C9H18N4O/c1-3-4-5-13-9(6-11-12-13)8(10)7-14-2/h6,8H,3-5,7,10H2,1-2H3. The highest BCUT2D eigenvalue weighted by molar-refractivity contribution is 5.01. The van der Waals surface area contributed by atoms with Crippen molar-refractivity contribution in [3.8, 4) is 0 Å². The van der Waals surface area contributed by atoms with Gasteiger partial charge in [-0.15, -0.1) is 5.10 Å². The van der Waals surface area contributed by atoms with Crippen LogP contribution in [0.1, 0.15) is 31.5 Å². The van der Waals surface area contributed by atoms with Crippen LogP contribution in [0.3, 0.4) is 0 Å². The van der Waals surface area contributed by atoms with Crippen molar-refractivity contribution in [2.75, 3.05) is 13.7 Å². The Morgan fingerprint density at radius 1 is 1.64 bits per heavy atom. The number of nitrogens with zero attached hydrogens (tertiary/aromatic N) is 3. The Morgan fingerprint density at radius 3 is 3.07 bits per heavy atom. The van der Waals surface area contributed by atoms with Crippen LogP contribution in [0.4, 0.5) is 0 Å². The fourth-order valence-corrected chi connectivity index (χ4v) is 1.30. The summed E-state index contributed by atoms with van der Waals surface area (Å²) in [5.74, 6) is 0. The minimum atomic E-state index is -0.133. The molecule has 0 aliphatic rings. The van der Waals surface area contributed by atoms with Crippen LogP contribution in [0.25, 0.3) is 0 Å². The molecule has 0 radical (unpaired) electrons. The molecule has 0 fully saturated rings. The molecule has 0 aliphatic heterocycles. The normalized spacial score (nSPS) is 13.1. The fraction of sp³-hybridized carbons (Fsp3) is 0.778. The van der Waals surface area contributed by atoms with Crippen molar-refractivity contribution in [2.24, 2.45) is 5.73 Å². The summed E-state index contributed by atoms with van der Waals surface area (Å²) in [6.45, 7) is 3.52. The van der Waals surface area contributed by atoms with Crippen molar-refractivity contribution in [1.29, 1.82) is 0 Å². The summed E-state index contributed by atoms with van der Waals surface area (Å²) < 4.78 is 6.85. The molecule has 1 aromatic heterocycles. The zero-order chi connectivity index (χ0) is 10.4. The largest absolute Gasteiger partial charge is 0.383 e. The Kier molecular flexibility index (Phi) is 4.55. The summed E-state index contributed by atoms with van der Waals surface area (Å²) in [7, 11) is 1.64. The van der Waals surface area contributed by atoms with Crippen molar-refractivity contribution >= 4 is 0 Å². The summed E-state index contributed by atoms with van der Waals surface area (Å²) >= 11 is 0. The van der Waals surface area contributed by atoms with E-state index in [0.717, 1.165) is 25.1 Å². The van der Waals surface area contributed by atoms with E-state index < -0.39 is 0 Å². The molecule has 0 aliphatic carbocycles. The van der Waals surface area contributed by atoms with Gasteiger partial charge in [0.2, 0.25) is 0 Å². The molecule has 0 aromatic carbocycles. The molecule has 1 aromatic rings. The highest BCUT2D eigenvalue weighted by atomic mass is 16.5. The van der Waals surface area contributed by atoms with Gasteiger partial charge in [-0.25, -0.2) is 4.68 Å². The number of hydrogen-bond donors (Lipinski definition) is 1. The van der Waals surface area contributed by atoms with Crippen LogP contribution in [0.15, 0.2) is 6.20 Å². The zero-order valence-electron chi connectivity index (χ0n) is 8.81. The predicted octanol–water partition coefficient (Wildman–Crippen LogP) is 0.724. The lowest BCUT2D eigenvalue weighted by Gasteiger charge is -2.11. The van der Waals surface area contributed by atoms with Crippen LogP contribution < -0.4 is 5.73 Å². The number of aryl methyl sites for hydroxylation is 1. The first-order valence-corrected chi connectivity index (χ1v) is 4.92. The molecule has 2 N–H and O–H groups in total. The van der Waals surface area contributed by atoms with Gasteiger partial charge in [0, 0.05) is 13.7 Å². The summed E-state index contributed by atoms with van der Waals surface area (Å²) in [6.07, 6.45) is 3.94. The SMILES string of the molecule is CCCCn1nncc1C(N)COC. The maximum atomic E-state index is 5.90. The molecule has 1 atom stereocenters.